The Labute approximate surface area is 134 Å². The van der Waals surface area contributed by atoms with E-state index in [1.807, 2.05) is 0 Å². The van der Waals surface area contributed by atoms with Crippen LogP contribution in [0.1, 0.15) is 59.3 Å². The summed E-state index contributed by atoms with van der Waals surface area (Å²) in [6.07, 6.45) is 10.5. The molecule has 0 amide bonds. The number of rotatable bonds is 0. The quantitative estimate of drug-likeness (QED) is 0.735. The molecule has 0 bridgehead atoms. The molecule has 22 heavy (non-hydrogen) atoms. The van der Waals surface area contributed by atoms with Crippen molar-refractivity contribution in [1.82, 2.24) is 0 Å². The minimum Gasteiger partial charge on any atom is -0.393 e. The molecule has 0 heterocycles. The van der Waals surface area contributed by atoms with E-state index in [0.29, 0.717) is 29.6 Å². The Bertz CT molecular complexity index is 524. The highest BCUT2D eigenvalue weighted by Crippen LogP contribution is 2.66. The second-order valence-electron chi connectivity index (χ2n) is 9.20. The first-order valence-electron chi connectivity index (χ1n) is 9.26. The summed E-state index contributed by atoms with van der Waals surface area (Å²) in [6, 6.07) is 0. The molecule has 0 radical (unpaired) electrons. The first-order valence-corrected chi connectivity index (χ1v) is 9.26. The smallest absolute Gasteiger partial charge is 0.155 e. The van der Waals surface area contributed by atoms with Crippen molar-refractivity contribution < 1.29 is 9.90 Å². The summed E-state index contributed by atoms with van der Waals surface area (Å²) in [5, 5.41) is 11.1. The summed E-state index contributed by atoms with van der Waals surface area (Å²) in [6.45, 7) is 7.14. The lowest BCUT2D eigenvalue weighted by Crippen LogP contribution is -2.57. The molecule has 0 aliphatic heterocycles. The van der Waals surface area contributed by atoms with E-state index in [9.17, 15) is 9.90 Å². The molecule has 2 nitrogen and oxygen atoms in total. The van der Waals surface area contributed by atoms with Crippen molar-refractivity contribution in [2.75, 3.05) is 0 Å². The molecular weight excluding hydrogens is 272 g/mol. The Balaban J connectivity index is 1.73. The van der Waals surface area contributed by atoms with Gasteiger partial charge in [-0.05, 0) is 78.6 Å². The first kappa shape index (κ1) is 14.9. The molecule has 3 fully saturated rings. The normalized spacial score (nSPS) is 57.2. The SMILES string of the molecule is CC1CC[C@H]2[C@@H]3CCC4CC(=O)C=C[C@]4(C)[C@@H]3C(O)C[C@]12C. The molecule has 4 aliphatic carbocycles. The monoisotopic (exact) mass is 302 g/mol. The average Bonchev–Trinajstić information content (AvgIpc) is 2.75. The molecule has 3 saturated carbocycles. The fourth-order valence-electron chi connectivity index (χ4n) is 7.01. The maximum atomic E-state index is 11.8. The van der Waals surface area contributed by atoms with Gasteiger partial charge in [0.15, 0.2) is 5.78 Å². The van der Waals surface area contributed by atoms with Gasteiger partial charge in [-0.15, -0.1) is 0 Å². The van der Waals surface area contributed by atoms with Crippen molar-refractivity contribution in [3.63, 3.8) is 0 Å². The van der Waals surface area contributed by atoms with Gasteiger partial charge in [-0.25, -0.2) is 0 Å². The number of ketones is 1. The van der Waals surface area contributed by atoms with Crippen LogP contribution in [0, 0.1) is 40.4 Å². The highest BCUT2D eigenvalue weighted by Gasteiger charge is 2.61. The van der Waals surface area contributed by atoms with Gasteiger partial charge in [0, 0.05) is 6.42 Å². The summed E-state index contributed by atoms with van der Waals surface area (Å²) in [5.41, 5.74) is 0.362. The van der Waals surface area contributed by atoms with Gasteiger partial charge >= 0.3 is 0 Å². The topological polar surface area (TPSA) is 37.3 Å². The third kappa shape index (κ3) is 1.79. The first-order chi connectivity index (χ1) is 10.4. The minimum absolute atomic E-state index is 0.0312. The highest BCUT2D eigenvalue weighted by atomic mass is 16.3. The van der Waals surface area contributed by atoms with Crippen molar-refractivity contribution in [3.8, 4) is 0 Å². The third-order valence-electron chi connectivity index (χ3n) is 8.45. The number of aliphatic hydroxyl groups excluding tert-OH is 1. The summed E-state index contributed by atoms with van der Waals surface area (Å²) >= 11 is 0. The van der Waals surface area contributed by atoms with Crippen molar-refractivity contribution in [2.45, 2.75) is 65.4 Å². The Morgan fingerprint density at radius 3 is 2.73 bits per heavy atom. The Hall–Kier alpha value is -0.630. The van der Waals surface area contributed by atoms with Crippen LogP contribution < -0.4 is 0 Å². The molecular formula is C20H30O2. The number of fused-ring (bicyclic) bond motifs is 5. The molecule has 3 unspecified atom stereocenters. The number of carbonyl (C=O) groups excluding carboxylic acids is 1. The average molecular weight is 302 g/mol. The van der Waals surface area contributed by atoms with Crippen molar-refractivity contribution in [3.05, 3.63) is 12.2 Å². The predicted molar refractivity (Wildman–Crippen MR) is 87.2 cm³/mol. The van der Waals surface area contributed by atoms with Gasteiger partial charge < -0.3 is 5.11 Å². The fourth-order valence-corrected chi connectivity index (χ4v) is 7.01. The lowest BCUT2D eigenvalue weighted by molar-refractivity contribution is -0.149. The molecule has 4 rings (SSSR count). The Morgan fingerprint density at radius 1 is 1.18 bits per heavy atom. The Kier molecular flexibility index (Phi) is 3.18. The molecule has 4 aliphatic rings. The molecule has 2 heteroatoms. The van der Waals surface area contributed by atoms with Gasteiger partial charge in [-0.2, -0.15) is 0 Å². The van der Waals surface area contributed by atoms with Crippen molar-refractivity contribution >= 4 is 5.78 Å². The van der Waals surface area contributed by atoms with Gasteiger partial charge in [0.1, 0.15) is 0 Å². The molecule has 8 atom stereocenters. The second-order valence-corrected chi connectivity index (χ2v) is 9.20. The van der Waals surface area contributed by atoms with E-state index >= 15 is 0 Å². The number of carbonyl (C=O) groups is 1. The van der Waals surface area contributed by atoms with E-state index in [2.05, 4.69) is 26.8 Å². The Morgan fingerprint density at radius 2 is 1.95 bits per heavy atom. The number of aliphatic hydroxyl groups is 1. The summed E-state index contributed by atoms with van der Waals surface area (Å²) in [5.74, 6) is 3.26. The van der Waals surface area contributed by atoms with Crippen LogP contribution in [0.15, 0.2) is 12.2 Å². The molecule has 1 N–H and O–H groups in total. The zero-order valence-electron chi connectivity index (χ0n) is 14.2. The number of allylic oxidation sites excluding steroid dienone is 2. The lowest BCUT2D eigenvalue weighted by atomic mass is 9.45. The van der Waals surface area contributed by atoms with E-state index in [1.54, 1.807) is 6.08 Å². The van der Waals surface area contributed by atoms with Crippen LogP contribution in [-0.2, 0) is 4.79 Å². The predicted octanol–water partition coefficient (Wildman–Crippen LogP) is 3.98. The molecule has 0 aromatic carbocycles. The fraction of sp³-hybridized carbons (Fsp3) is 0.850. The van der Waals surface area contributed by atoms with Crippen LogP contribution in [0.5, 0.6) is 0 Å². The molecule has 0 aromatic heterocycles. The molecule has 122 valence electrons. The van der Waals surface area contributed by atoms with Crippen LogP contribution >= 0.6 is 0 Å². The van der Waals surface area contributed by atoms with Crippen LogP contribution in [0.25, 0.3) is 0 Å². The number of hydrogen-bond donors (Lipinski definition) is 1. The van der Waals surface area contributed by atoms with Gasteiger partial charge in [0.25, 0.3) is 0 Å². The van der Waals surface area contributed by atoms with Gasteiger partial charge in [-0.3, -0.25) is 4.79 Å². The van der Waals surface area contributed by atoms with E-state index in [-0.39, 0.29) is 17.3 Å². The minimum atomic E-state index is -0.197. The highest BCUT2D eigenvalue weighted by molar-refractivity contribution is 5.91. The van der Waals surface area contributed by atoms with Crippen molar-refractivity contribution in [1.29, 1.82) is 0 Å². The van der Waals surface area contributed by atoms with E-state index < -0.39 is 0 Å². The standard InChI is InChI=1S/C20H30O2/c1-12-4-7-16-15-6-5-13-10-14(21)8-9-19(13,2)18(15)17(22)11-20(12,16)3/h8-9,12-13,15-18,22H,4-7,10-11H2,1-3H3/t12?,13?,15-,16-,17?,18-,19-,20+/m0/s1. The largest absolute Gasteiger partial charge is 0.393 e. The second kappa shape index (κ2) is 4.69. The zero-order chi connectivity index (χ0) is 15.7. The summed E-state index contributed by atoms with van der Waals surface area (Å²) in [4.78, 5) is 11.8. The van der Waals surface area contributed by atoms with E-state index in [0.717, 1.165) is 18.3 Å². The maximum absolute atomic E-state index is 11.8. The molecule has 0 spiro atoms. The zero-order valence-corrected chi connectivity index (χ0v) is 14.2. The summed E-state index contributed by atoms with van der Waals surface area (Å²) in [7, 11) is 0. The van der Waals surface area contributed by atoms with Crippen LogP contribution in [0.2, 0.25) is 0 Å². The third-order valence-corrected chi connectivity index (χ3v) is 8.45. The van der Waals surface area contributed by atoms with Crippen LogP contribution in [0.4, 0.5) is 0 Å². The van der Waals surface area contributed by atoms with E-state index in [1.165, 1.54) is 25.7 Å². The van der Waals surface area contributed by atoms with Crippen LogP contribution in [-0.4, -0.2) is 17.0 Å². The van der Waals surface area contributed by atoms with Gasteiger partial charge in [0.2, 0.25) is 0 Å². The molecule has 0 saturated heterocycles. The molecule has 0 aromatic rings. The van der Waals surface area contributed by atoms with Gasteiger partial charge in [-0.1, -0.05) is 26.8 Å². The van der Waals surface area contributed by atoms with E-state index in [4.69, 9.17) is 0 Å². The lowest BCUT2D eigenvalue weighted by Gasteiger charge is -2.60. The number of hydrogen-bond acceptors (Lipinski definition) is 2. The van der Waals surface area contributed by atoms with Crippen molar-refractivity contribution in [2.24, 2.45) is 40.4 Å². The maximum Gasteiger partial charge on any atom is 0.155 e. The van der Waals surface area contributed by atoms with Crippen LogP contribution in [0.3, 0.4) is 0 Å². The van der Waals surface area contributed by atoms with Gasteiger partial charge in [0.05, 0.1) is 6.10 Å². The summed E-state index contributed by atoms with van der Waals surface area (Å²) < 4.78 is 0.